The Morgan fingerprint density at radius 3 is 2.38 bits per heavy atom. The minimum atomic E-state index is -1.22. The predicted molar refractivity (Wildman–Crippen MR) is 130 cm³/mol. The normalized spacial score (nSPS) is 21.5. The molecule has 5 rings (SSSR count). The highest BCUT2D eigenvalue weighted by atomic mass is 19.2. The molecule has 13 heteroatoms. The summed E-state index contributed by atoms with van der Waals surface area (Å²) in [5, 5.41) is 12.5. The Bertz CT molecular complexity index is 1220. The second-order valence-corrected chi connectivity index (χ2v) is 9.61. The van der Waals surface area contributed by atoms with Crippen molar-refractivity contribution in [2.45, 2.75) is 51.3 Å². The van der Waals surface area contributed by atoms with Gasteiger partial charge in [-0.25, -0.2) is 23.1 Å². The molecule has 3 atom stereocenters. The first-order valence-corrected chi connectivity index (χ1v) is 12.5. The third-order valence-electron chi connectivity index (χ3n) is 7.23. The van der Waals surface area contributed by atoms with Crippen LogP contribution in [0.25, 0.3) is 0 Å². The van der Waals surface area contributed by atoms with Gasteiger partial charge >= 0.3 is 0 Å². The molecule has 2 aliphatic rings. The average Bonchev–Trinajstić information content (AvgIpc) is 3.54. The number of piperidine rings is 1. The molecular formula is C24H30F3N9O. The van der Waals surface area contributed by atoms with Gasteiger partial charge in [-0.3, -0.25) is 0 Å². The van der Waals surface area contributed by atoms with Crippen molar-refractivity contribution in [3.63, 3.8) is 0 Å². The smallest absolute Gasteiger partial charge is 0.266 e. The number of rotatable bonds is 7. The van der Waals surface area contributed by atoms with Crippen molar-refractivity contribution in [1.82, 2.24) is 30.2 Å². The zero-order chi connectivity index (χ0) is 26.1. The number of ether oxygens (including phenoxy) is 1. The molecule has 37 heavy (non-hydrogen) atoms. The van der Waals surface area contributed by atoms with E-state index < -0.39 is 29.4 Å². The molecule has 0 bridgehead atoms. The monoisotopic (exact) mass is 517 g/mol. The van der Waals surface area contributed by atoms with Crippen LogP contribution in [0.15, 0.2) is 24.5 Å². The average molecular weight is 518 g/mol. The SMILES string of the molecule is CCn1nnc(N2CCC(C(C)Oc3cnc(N4CC(N)C(c5cc(F)c(F)cc5F)C4)nc3)CC2)n1. The van der Waals surface area contributed by atoms with Gasteiger partial charge in [0, 0.05) is 44.2 Å². The highest BCUT2D eigenvalue weighted by Crippen LogP contribution is 2.32. The number of anilines is 2. The van der Waals surface area contributed by atoms with Crippen molar-refractivity contribution in [2.75, 3.05) is 36.0 Å². The van der Waals surface area contributed by atoms with Crippen molar-refractivity contribution in [1.29, 1.82) is 0 Å². The molecule has 2 N–H and O–H groups in total. The van der Waals surface area contributed by atoms with Crippen LogP contribution >= 0.6 is 0 Å². The third-order valence-corrected chi connectivity index (χ3v) is 7.23. The topological polar surface area (TPSA) is 111 Å². The summed E-state index contributed by atoms with van der Waals surface area (Å²) in [6.45, 7) is 7.02. The molecule has 3 aromatic rings. The van der Waals surface area contributed by atoms with E-state index >= 15 is 0 Å². The van der Waals surface area contributed by atoms with E-state index in [0.717, 1.165) is 32.0 Å². The predicted octanol–water partition coefficient (Wildman–Crippen LogP) is 2.52. The second kappa shape index (κ2) is 10.5. The lowest BCUT2D eigenvalue weighted by Crippen LogP contribution is -2.39. The number of aromatic nitrogens is 6. The molecular weight excluding hydrogens is 487 g/mol. The van der Waals surface area contributed by atoms with Gasteiger partial charge in [-0.15, -0.1) is 5.10 Å². The summed E-state index contributed by atoms with van der Waals surface area (Å²) in [5.41, 5.74) is 6.26. The van der Waals surface area contributed by atoms with Gasteiger partial charge in [0.2, 0.25) is 5.95 Å². The Hall–Kier alpha value is -3.48. The number of aryl methyl sites for hydroxylation is 1. The summed E-state index contributed by atoms with van der Waals surface area (Å²) >= 11 is 0. The van der Waals surface area contributed by atoms with E-state index in [0.29, 0.717) is 49.3 Å². The van der Waals surface area contributed by atoms with Crippen LogP contribution < -0.4 is 20.3 Å². The van der Waals surface area contributed by atoms with Crippen LogP contribution in [0.2, 0.25) is 0 Å². The van der Waals surface area contributed by atoms with Crippen molar-refractivity contribution < 1.29 is 17.9 Å². The number of halogens is 3. The molecule has 2 aromatic heterocycles. The zero-order valence-corrected chi connectivity index (χ0v) is 20.8. The molecule has 0 spiro atoms. The van der Waals surface area contributed by atoms with Crippen LogP contribution in [-0.4, -0.2) is 68.5 Å². The first-order valence-electron chi connectivity index (χ1n) is 12.5. The highest BCUT2D eigenvalue weighted by Gasteiger charge is 2.35. The van der Waals surface area contributed by atoms with Crippen LogP contribution in [0.4, 0.5) is 25.1 Å². The van der Waals surface area contributed by atoms with Crippen molar-refractivity contribution in [3.05, 3.63) is 47.5 Å². The number of hydrogen-bond donors (Lipinski definition) is 1. The lowest BCUT2D eigenvalue weighted by atomic mass is 9.92. The molecule has 0 amide bonds. The van der Waals surface area contributed by atoms with Gasteiger partial charge < -0.3 is 20.3 Å². The molecule has 2 saturated heterocycles. The van der Waals surface area contributed by atoms with Crippen LogP contribution in [0, 0.1) is 23.4 Å². The Morgan fingerprint density at radius 2 is 1.70 bits per heavy atom. The van der Waals surface area contributed by atoms with Crippen LogP contribution in [0.1, 0.15) is 38.2 Å². The Morgan fingerprint density at radius 1 is 1.00 bits per heavy atom. The fourth-order valence-corrected chi connectivity index (χ4v) is 5.05. The second-order valence-electron chi connectivity index (χ2n) is 9.61. The molecule has 0 radical (unpaired) electrons. The van der Waals surface area contributed by atoms with Crippen LogP contribution in [-0.2, 0) is 6.54 Å². The summed E-state index contributed by atoms with van der Waals surface area (Å²) < 4.78 is 47.5. The minimum absolute atomic E-state index is 0.0307. The van der Waals surface area contributed by atoms with Crippen LogP contribution in [0.3, 0.4) is 0 Å². The molecule has 2 aliphatic heterocycles. The number of hydrogen-bond acceptors (Lipinski definition) is 9. The van der Waals surface area contributed by atoms with E-state index in [1.165, 1.54) is 0 Å². The van der Waals surface area contributed by atoms with Crippen molar-refractivity contribution in [2.24, 2.45) is 11.7 Å². The Kier molecular flexibility index (Phi) is 7.13. The summed E-state index contributed by atoms with van der Waals surface area (Å²) in [6, 6.07) is 0.960. The van der Waals surface area contributed by atoms with Gasteiger partial charge in [-0.2, -0.15) is 4.80 Å². The largest absolute Gasteiger partial charge is 0.487 e. The molecule has 0 saturated carbocycles. The van der Waals surface area contributed by atoms with E-state index in [2.05, 4.69) is 30.3 Å². The quantitative estimate of drug-likeness (QED) is 0.473. The summed E-state index contributed by atoms with van der Waals surface area (Å²) in [6.07, 6.45) is 5.07. The van der Waals surface area contributed by atoms with E-state index in [4.69, 9.17) is 10.5 Å². The van der Waals surface area contributed by atoms with E-state index in [9.17, 15) is 13.2 Å². The molecule has 2 fully saturated rings. The van der Waals surface area contributed by atoms with E-state index in [1.807, 2.05) is 18.7 Å². The lowest BCUT2D eigenvalue weighted by molar-refractivity contribution is 0.132. The van der Waals surface area contributed by atoms with Crippen LogP contribution in [0.5, 0.6) is 5.75 Å². The zero-order valence-electron chi connectivity index (χ0n) is 20.8. The maximum atomic E-state index is 14.3. The molecule has 1 aromatic carbocycles. The van der Waals surface area contributed by atoms with E-state index in [1.54, 1.807) is 17.2 Å². The van der Waals surface area contributed by atoms with Gasteiger partial charge in [-0.05, 0) is 49.5 Å². The van der Waals surface area contributed by atoms with Gasteiger partial charge in [-0.1, -0.05) is 5.10 Å². The van der Waals surface area contributed by atoms with Gasteiger partial charge in [0.1, 0.15) is 5.82 Å². The molecule has 0 aliphatic carbocycles. The molecule has 10 nitrogen and oxygen atoms in total. The van der Waals surface area contributed by atoms with Gasteiger partial charge in [0.15, 0.2) is 17.4 Å². The third kappa shape index (κ3) is 5.31. The molecule has 198 valence electrons. The fraction of sp³-hybridized carbons (Fsp3) is 0.542. The number of nitrogens with zero attached hydrogens (tertiary/aromatic N) is 8. The van der Waals surface area contributed by atoms with Gasteiger partial charge in [0.05, 0.1) is 25.0 Å². The summed E-state index contributed by atoms with van der Waals surface area (Å²) in [7, 11) is 0. The Balaban J connectivity index is 1.16. The van der Waals surface area contributed by atoms with E-state index in [-0.39, 0.29) is 11.7 Å². The minimum Gasteiger partial charge on any atom is -0.487 e. The number of tetrazole rings is 1. The van der Waals surface area contributed by atoms with Gasteiger partial charge in [0.25, 0.3) is 5.95 Å². The molecule has 3 unspecified atom stereocenters. The fourth-order valence-electron chi connectivity index (χ4n) is 5.05. The van der Waals surface area contributed by atoms with Crippen molar-refractivity contribution >= 4 is 11.9 Å². The summed E-state index contributed by atoms with van der Waals surface area (Å²) in [4.78, 5) is 14.3. The maximum Gasteiger partial charge on any atom is 0.266 e. The van der Waals surface area contributed by atoms with Crippen molar-refractivity contribution in [3.8, 4) is 5.75 Å². The Labute approximate surface area is 212 Å². The lowest BCUT2D eigenvalue weighted by Gasteiger charge is -2.34. The standard InChI is InChI=1S/C24H30F3N9O/c1-3-36-32-24(31-33-36)34-6-4-15(5-7-34)14(2)37-16-10-29-23(30-11-16)35-12-18(22(28)13-35)17-8-20(26)21(27)9-19(17)25/h8-11,14-15,18,22H,3-7,12-13,28H2,1-2H3. The highest BCUT2D eigenvalue weighted by molar-refractivity contribution is 5.39. The first-order chi connectivity index (χ1) is 17.8. The number of benzene rings is 1. The maximum absolute atomic E-state index is 14.3. The number of nitrogens with two attached hydrogens (primary N) is 1. The first kappa shape index (κ1) is 25.2. The molecule has 4 heterocycles. The summed E-state index contributed by atoms with van der Waals surface area (Å²) in [5.74, 6) is -1.65.